The van der Waals surface area contributed by atoms with Gasteiger partial charge in [-0.1, -0.05) is 22.9 Å². The number of fused-ring (bicyclic) bond motifs is 1. The van der Waals surface area contributed by atoms with E-state index in [9.17, 15) is 4.79 Å². The first-order valence-electron chi connectivity index (χ1n) is 5.54. The lowest BCUT2D eigenvalue weighted by Crippen LogP contribution is -2.42. The summed E-state index contributed by atoms with van der Waals surface area (Å²) in [5, 5.41) is 14.9. The molecule has 5 heteroatoms. The highest BCUT2D eigenvalue weighted by atomic mass is 79.9. The summed E-state index contributed by atoms with van der Waals surface area (Å²) in [5.74, 6) is 0.202. The van der Waals surface area contributed by atoms with E-state index in [4.69, 9.17) is 5.11 Å². The van der Waals surface area contributed by atoms with E-state index in [2.05, 4.69) is 33.5 Å². The minimum absolute atomic E-state index is 0.170. The highest BCUT2D eigenvalue weighted by molar-refractivity contribution is 9.10. The number of hydrogen-bond donors (Lipinski definition) is 3. The average Bonchev–Trinajstić information content (AvgIpc) is 2.25. The van der Waals surface area contributed by atoms with E-state index in [-0.39, 0.29) is 18.0 Å². The lowest BCUT2D eigenvalue weighted by atomic mass is 9.84. The van der Waals surface area contributed by atoms with Gasteiger partial charge in [-0.25, -0.2) is 4.79 Å². The first kappa shape index (κ1) is 12.2. The zero-order chi connectivity index (χ0) is 12.6. The van der Waals surface area contributed by atoms with Crippen LogP contribution >= 0.6 is 15.9 Å². The van der Waals surface area contributed by atoms with Gasteiger partial charge in [0.05, 0.1) is 6.04 Å². The Hall–Kier alpha value is -1.23. The fraction of sp³-hybridized carbons (Fsp3) is 0.417. The number of rotatable bonds is 1. The Labute approximate surface area is 109 Å². The van der Waals surface area contributed by atoms with Crippen LogP contribution in [-0.2, 0) is 0 Å². The zero-order valence-electron chi connectivity index (χ0n) is 9.70. The van der Waals surface area contributed by atoms with E-state index in [0.29, 0.717) is 0 Å². The van der Waals surface area contributed by atoms with Gasteiger partial charge in [0.25, 0.3) is 0 Å². The van der Waals surface area contributed by atoms with Gasteiger partial charge in [-0.05, 0) is 30.7 Å². The molecule has 1 aliphatic heterocycles. The van der Waals surface area contributed by atoms with Gasteiger partial charge in [0.15, 0.2) is 0 Å². The van der Waals surface area contributed by atoms with Crippen LogP contribution in [0.5, 0.6) is 0 Å². The lowest BCUT2D eigenvalue weighted by molar-refractivity contribution is 0.183. The van der Waals surface area contributed by atoms with E-state index in [1.54, 1.807) is 0 Å². The molecule has 0 aliphatic carbocycles. The molecule has 1 amide bonds. The van der Waals surface area contributed by atoms with Gasteiger partial charge in [0.1, 0.15) is 0 Å². The molecule has 0 fully saturated rings. The summed E-state index contributed by atoms with van der Waals surface area (Å²) in [5.41, 5.74) is 1.99. The molecule has 92 valence electrons. The Bertz CT molecular complexity index is 450. The van der Waals surface area contributed by atoms with Gasteiger partial charge in [-0.3, -0.25) is 0 Å². The predicted octanol–water partition coefficient (Wildman–Crippen LogP) is 3.21. The Kier molecular flexibility index (Phi) is 3.28. The second kappa shape index (κ2) is 4.56. The first-order valence-corrected chi connectivity index (χ1v) is 6.34. The molecule has 0 saturated carbocycles. The molecular weight excluding hydrogens is 284 g/mol. The van der Waals surface area contributed by atoms with Crippen LogP contribution in [0.15, 0.2) is 22.7 Å². The monoisotopic (exact) mass is 298 g/mol. The summed E-state index contributed by atoms with van der Waals surface area (Å²) in [6.45, 7) is 4.11. The molecule has 1 heterocycles. The summed E-state index contributed by atoms with van der Waals surface area (Å²) < 4.78 is 0.956. The molecule has 1 aliphatic rings. The molecular formula is C12H15BrN2O2. The van der Waals surface area contributed by atoms with Crippen molar-refractivity contribution in [2.24, 2.45) is 5.92 Å². The summed E-state index contributed by atoms with van der Waals surface area (Å²) in [4.78, 5) is 10.9. The van der Waals surface area contributed by atoms with Crippen molar-refractivity contribution >= 4 is 27.7 Å². The molecule has 17 heavy (non-hydrogen) atoms. The molecule has 3 atom stereocenters. The van der Waals surface area contributed by atoms with Crippen LogP contribution in [0.2, 0.25) is 0 Å². The standard InChI is InChI=1S/C12H15BrN2O2/c1-6-7(2)14-10-4-3-8(13)5-9(10)11(6)15-12(16)17/h3-7,11,14-15H,1-2H3,(H,16,17)/t6-,7-,11+/m0/s1. The van der Waals surface area contributed by atoms with Gasteiger partial charge >= 0.3 is 6.09 Å². The molecule has 1 aromatic carbocycles. The minimum Gasteiger partial charge on any atom is -0.465 e. The number of carbonyl (C=O) groups is 1. The van der Waals surface area contributed by atoms with Crippen molar-refractivity contribution in [3.8, 4) is 0 Å². The molecule has 0 spiro atoms. The smallest absolute Gasteiger partial charge is 0.405 e. The predicted molar refractivity (Wildman–Crippen MR) is 70.3 cm³/mol. The van der Waals surface area contributed by atoms with E-state index in [1.165, 1.54) is 0 Å². The number of carboxylic acid groups (broad SMARTS) is 1. The Morgan fingerprint density at radius 3 is 2.82 bits per heavy atom. The van der Waals surface area contributed by atoms with Crippen LogP contribution in [-0.4, -0.2) is 17.2 Å². The number of hydrogen-bond acceptors (Lipinski definition) is 2. The van der Waals surface area contributed by atoms with Crippen molar-refractivity contribution in [3.63, 3.8) is 0 Å². The van der Waals surface area contributed by atoms with Crippen molar-refractivity contribution in [1.82, 2.24) is 5.32 Å². The number of amides is 1. The molecule has 0 bridgehead atoms. The van der Waals surface area contributed by atoms with Gasteiger partial charge in [-0.2, -0.15) is 0 Å². The Balaban J connectivity index is 2.42. The summed E-state index contributed by atoms with van der Waals surface area (Å²) in [7, 11) is 0. The number of anilines is 1. The van der Waals surface area contributed by atoms with E-state index >= 15 is 0 Å². The topological polar surface area (TPSA) is 61.4 Å². The number of nitrogens with one attached hydrogen (secondary N) is 2. The molecule has 4 nitrogen and oxygen atoms in total. The van der Waals surface area contributed by atoms with Gasteiger partial charge in [0.2, 0.25) is 0 Å². The second-order valence-corrected chi connectivity index (χ2v) is 5.37. The van der Waals surface area contributed by atoms with Crippen LogP contribution in [0.1, 0.15) is 25.5 Å². The van der Waals surface area contributed by atoms with Crippen molar-refractivity contribution in [3.05, 3.63) is 28.2 Å². The molecule has 3 N–H and O–H groups in total. The van der Waals surface area contributed by atoms with Crippen molar-refractivity contribution in [1.29, 1.82) is 0 Å². The normalized spacial score (nSPS) is 26.9. The van der Waals surface area contributed by atoms with Gasteiger partial charge in [0, 0.05) is 22.1 Å². The molecule has 0 aromatic heterocycles. The number of halogens is 1. The zero-order valence-corrected chi connectivity index (χ0v) is 11.3. The SMILES string of the molecule is C[C@H]1[C@H](C)Nc2ccc(Br)cc2[C@@H]1NC(=O)O. The highest BCUT2D eigenvalue weighted by Gasteiger charge is 2.32. The summed E-state index contributed by atoms with van der Waals surface area (Å²) in [6, 6.07) is 5.95. The van der Waals surface area contributed by atoms with Crippen LogP contribution < -0.4 is 10.6 Å². The Morgan fingerprint density at radius 2 is 2.18 bits per heavy atom. The van der Waals surface area contributed by atoms with Gasteiger partial charge < -0.3 is 15.7 Å². The third-order valence-corrected chi connectivity index (χ3v) is 3.82. The third-order valence-electron chi connectivity index (χ3n) is 3.33. The third kappa shape index (κ3) is 2.39. The lowest BCUT2D eigenvalue weighted by Gasteiger charge is -2.37. The fourth-order valence-corrected chi connectivity index (χ4v) is 2.59. The second-order valence-electron chi connectivity index (χ2n) is 4.45. The summed E-state index contributed by atoms with van der Waals surface area (Å²) in [6.07, 6.45) is -0.984. The van der Waals surface area contributed by atoms with E-state index in [1.807, 2.05) is 25.1 Å². The molecule has 0 radical (unpaired) electrons. The van der Waals surface area contributed by atoms with Crippen molar-refractivity contribution in [2.45, 2.75) is 25.9 Å². The number of benzene rings is 1. The molecule has 0 saturated heterocycles. The van der Waals surface area contributed by atoms with Crippen molar-refractivity contribution < 1.29 is 9.90 Å². The average molecular weight is 299 g/mol. The molecule has 0 unspecified atom stereocenters. The Morgan fingerprint density at radius 1 is 1.47 bits per heavy atom. The maximum absolute atomic E-state index is 10.9. The molecule has 2 rings (SSSR count). The van der Waals surface area contributed by atoms with E-state index < -0.39 is 6.09 Å². The van der Waals surface area contributed by atoms with E-state index in [0.717, 1.165) is 15.7 Å². The maximum atomic E-state index is 10.9. The van der Waals surface area contributed by atoms with Crippen LogP contribution in [0, 0.1) is 5.92 Å². The highest BCUT2D eigenvalue weighted by Crippen LogP contribution is 2.37. The quantitative estimate of drug-likeness (QED) is 0.746. The maximum Gasteiger partial charge on any atom is 0.405 e. The van der Waals surface area contributed by atoms with Crippen LogP contribution in [0.4, 0.5) is 10.5 Å². The first-order chi connectivity index (χ1) is 7.99. The van der Waals surface area contributed by atoms with Crippen molar-refractivity contribution in [2.75, 3.05) is 5.32 Å². The molecule has 1 aromatic rings. The summed E-state index contributed by atoms with van der Waals surface area (Å²) >= 11 is 3.42. The van der Waals surface area contributed by atoms with Gasteiger partial charge in [-0.15, -0.1) is 0 Å². The largest absolute Gasteiger partial charge is 0.465 e. The van der Waals surface area contributed by atoms with Crippen LogP contribution in [0.3, 0.4) is 0 Å². The fourth-order valence-electron chi connectivity index (χ4n) is 2.21. The minimum atomic E-state index is -0.984. The van der Waals surface area contributed by atoms with Crippen LogP contribution in [0.25, 0.3) is 0 Å².